The summed E-state index contributed by atoms with van der Waals surface area (Å²) in [5, 5.41) is 0. The van der Waals surface area contributed by atoms with Crippen molar-refractivity contribution in [2.24, 2.45) is 5.41 Å². The molecule has 2 aromatic rings. The van der Waals surface area contributed by atoms with Crippen LogP contribution in [0.4, 0.5) is 4.39 Å². The van der Waals surface area contributed by atoms with Crippen LogP contribution in [0.5, 0.6) is 0 Å². The lowest BCUT2D eigenvalue weighted by Gasteiger charge is -2.18. The molecule has 0 aliphatic heterocycles. The zero-order valence-electron chi connectivity index (χ0n) is 11.1. The first-order chi connectivity index (χ1) is 8.46. The van der Waals surface area contributed by atoms with Crippen LogP contribution in [0.1, 0.15) is 26.3 Å². The number of benzene rings is 1. The lowest BCUT2D eigenvalue weighted by atomic mass is 9.88. The first-order valence-corrected chi connectivity index (χ1v) is 6.16. The lowest BCUT2D eigenvalue weighted by molar-refractivity contribution is 0.399. The van der Waals surface area contributed by atoms with Gasteiger partial charge in [0.05, 0.1) is 5.69 Å². The number of hydrogen-bond acceptors (Lipinski definition) is 1. The summed E-state index contributed by atoms with van der Waals surface area (Å²) < 4.78 is 14.0. The Balaban J connectivity index is 2.31. The van der Waals surface area contributed by atoms with Crippen LogP contribution in [0, 0.1) is 11.4 Å². The second-order valence-electron chi connectivity index (χ2n) is 5.75. The maximum Gasteiger partial charge on any atom is 0.216 e. The van der Waals surface area contributed by atoms with Gasteiger partial charge in [0.1, 0.15) is 0 Å². The van der Waals surface area contributed by atoms with Crippen molar-refractivity contribution in [1.29, 1.82) is 0 Å². The van der Waals surface area contributed by atoms with Crippen molar-refractivity contribution in [1.82, 2.24) is 4.98 Å². The fourth-order valence-corrected chi connectivity index (χ4v) is 1.94. The molecule has 0 radical (unpaired) electrons. The molecule has 0 spiro atoms. The molecule has 0 fully saturated rings. The largest absolute Gasteiger partial charge is 0.219 e. The van der Waals surface area contributed by atoms with Gasteiger partial charge in [0.25, 0.3) is 0 Å². The van der Waals surface area contributed by atoms with Gasteiger partial charge in [-0.15, -0.1) is 0 Å². The van der Waals surface area contributed by atoms with Crippen LogP contribution in [0.15, 0.2) is 42.5 Å². The first-order valence-electron chi connectivity index (χ1n) is 6.16. The molecule has 0 N–H and O–H groups in total. The van der Waals surface area contributed by atoms with E-state index in [2.05, 4.69) is 25.8 Å². The first kappa shape index (κ1) is 12.7. The molecule has 94 valence electrons. The standard InChI is InChI=1S/C16H18FN/c1-16(2,3)11-13-9-10-14(18-15(13)17)12-7-5-4-6-8-12/h4-10H,11H2,1-3H3. The zero-order valence-corrected chi connectivity index (χ0v) is 11.1. The Bertz CT molecular complexity index is 527. The van der Waals surface area contributed by atoms with Gasteiger partial charge in [-0.3, -0.25) is 0 Å². The molecule has 2 rings (SSSR count). The number of halogens is 1. The van der Waals surface area contributed by atoms with Crippen molar-refractivity contribution in [3.05, 3.63) is 54.0 Å². The Morgan fingerprint density at radius 1 is 1.00 bits per heavy atom. The highest BCUT2D eigenvalue weighted by Gasteiger charge is 2.15. The van der Waals surface area contributed by atoms with Crippen LogP contribution >= 0.6 is 0 Å². The molecule has 1 nitrogen and oxygen atoms in total. The number of nitrogens with zero attached hydrogens (tertiary/aromatic N) is 1. The lowest BCUT2D eigenvalue weighted by Crippen LogP contribution is -2.11. The van der Waals surface area contributed by atoms with E-state index in [0.29, 0.717) is 17.7 Å². The van der Waals surface area contributed by atoms with E-state index in [4.69, 9.17) is 0 Å². The highest BCUT2D eigenvalue weighted by atomic mass is 19.1. The fraction of sp³-hybridized carbons (Fsp3) is 0.312. The average Bonchev–Trinajstić information content (AvgIpc) is 2.31. The second kappa shape index (κ2) is 4.89. The Morgan fingerprint density at radius 2 is 1.67 bits per heavy atom. The Morgan fingerprint density at radius 3 is 2.22 bits per heavy atom. The third-order valence-electron chi connectivity index (χ3n) is 2.72. The van der Waals surface area contributed by atoms with Gasteiger partial charge in [0, 0.05) is 11.1 Å². The smallest absolute Gasteiger partial charge is 0.216 e. The van der Waals surface area contributed by atoms with Crippen LogP contribution < -0.4 is 0 Å². The Labute approximate surface area is 108 Å². The highest BCUT2D eigenvalue weighted by Crippen LogP contribution is 2.24. The quantitative estimate of drug-likeness (QED) is 0.709. The van der Waals surface area contributed by atoms with Crippen molar-refractivity contribution < 1.29 is 4.39 Å². The monoisotopic (exact) mass is 243 g/mol. The van der Waals surface area contributed by atoms with Crippen molar-refractivity contribution in [3.63, 3.8) is 0 Å². The summed E-state index contributed by atoms with van der Waals surface area (Å²) in [6, 6.07) is 13.4. The van der Waals surface area contributed by atoms with Gasteiger partial charge in [0.2, 0.25) is 5.95 Å². The minimum absolute atomic E-state index is 0.0663. The summed E-state index contributed by atoms with van der Waals surface area (Å²) in [5.74, 6) is -0.355. The molecule has 0 unspecified atom stereocenters. The molecule has 0 atom stereocenters. The molecular formula is C16H18FN. The molecule has 1 aromatic carbocycles. The number of rotatable bonds is 2. The van der Waals surface area contributed by atoms with Gasteiger partial charge in [-0.2, -0.15) is 4.39 Å². The predicted molar refractivity (Wildman–Crippen MR) is 72.8 cm³/mol. The van der Waals surface area contributed by atoms with Crippen molar-refractivity contribution in [3.8, 4) is 11.3 Å². The number of hydrogen-bond donors (Lipinski definition) is 0. The summed E-state index contributed by atoms with van der Waals surface area (Å²) in [7, 11) is 0. The van der Waals surface area contributed by atoms with Crippen LogP contribution in [0.2, 0.25) is 0 Å². The summed E-state index contributed by atoms with van der Waals surface area (Å²) in [4.78, 5) is 4.06. The molecule has 1 heterocycles. The molecule has 0 saturated heterocycles. The molecule has 1 aromatic heterocycles. The van der Waals surface area contributed by atoms with E-state index in [0.717, 1.165) is 5.56 Å². The van der Waals surface area contributed by atoms with E-state index in [1.165, 1.54) is 0 Å². The Kier molecular flexibility index (Phi) is 3.46. The van der Waals surface area contributed by atoms with Crippen molar-refractivity contribution >= 4 is 0 Å². The predicted octanol–water partition coefficient (Wildman–Crippen LogP) is 4.48. The molecule has 2 heteroatoms. The van der Waals surface area contributed by atoms with Crippen molar-refractivity contribution in [2.45, 2.75) is 27.2 Å². The summed E-state index contributed by atoms with van der Waals surface area (Å²) >= 11 is 0. The van der Waals surface area contributed by atoms with E-state index in [-0.39, 0.29) is 11.4 Å². The number of aromatic nitrogens is 1. The third kappa shape index (κ3) is 3.16. The van der Waals surface area contributed by atoms with Gasteiger partial charge in [0.15, 0.2) is 0 Å². The normalized spacial score (nSPS) is 11.6. The van der Waals surface area contributed by atoms with Gasteiger partial charge < -0.3 is 0 Å². The van der Waals surface area contributed by atoms with Crippen molar-refractivity contribution in [2.75, 3.05) is 0 Å². The minimum Gasteiger partial charge on any atom is -0.219 e. The minimum atomic E-state index is -0.355. The zero-order chi connectivity index (χ0) is 13.2. The van der Waals surface area contributed by atoms with Crippen LogP contribution in [0.25, 0.3) is 11.3 Å². The van der Waals surface area contributed by atoms with Crippen LogP contribution in [-0.2, 0) is 6.42 Å². The molecule has 0 amide bonds. The van der Waals surface area contributed by atoms with Gasteiger partial charge >= 0.3 is 0 Å². The molecule has 0 aliphatic rings. The molecule has 18 heavy (non-hydrogen) atoms. The van der Waals surface area contributed by atoms with E-state index in [1.54, 1.807) is 0 Å². The Hall–Kier alpha value is -1.70. The molecule has 0 bridgehead atoms. The maximum absolute atomic E-state index is 14.0. The summed E-state index contributed by atoms with van der Waals surface area (Å²) in [6.45, 7) is 6.28. The second-order valence-corrected chi connectivity index (χ2v) is 5.75. The molecule has 0 saturated carbocycles. The topological polar surface area (TPSA) is 12.9 Å². The average molecular weight is 243 g/mol. The van der Waals surface area contributed by atoms with Gasteiger partial charge in [-0.25, -0.2) is 4.98 Å². The van der Waals surface area contributed by atoms with E-state index in [9.17, 15) is 4.39 Å². The molecular weight excluding hydrogens is 225 g/mol. The third-order valence-corrected chi connectivity index (χ3v) is 2.72. The van der Waals surface area contributed by atoms with Gasteiger partial charge in [-0.1, -0.05) is 57.2 Å². The van der Waals surface area contributed by atoms with E-state index in [1.807, 2.05) is 42.5 Å². The van der Waals surface area contributed by atoms with Crippen LogP contribution in [-0.4, -0.2) is 4.98 Å². The summed E-state index contributed by atoms with van der Waals surface area (Å²) in [6.07, 6.45) is 0.695. The highest BCUT2D eigenvalue weighted by molar-refractivity contribution is 5.58. The summed E-state index contributed by atoms with van der Waals surface area (Å²) in [5.41, 5.74) is 2.38. The molecule has 0 aliphatic carbocycles. The SMILES string of the molecule is CC(C)(C)Cc1ccc(-c2ccccc2)nc1F. The maximum atomic E-state index is 14.0. The van der Waals surface area contributed by atoms with Gasteiger partial charge in [-0.05, 0) is 17.9 Å². The fourth-order valence-electron chi connectivity index (χ4n) is 1.94. The van der Waals surface area contributed by atoms with E-state index < -0.39 is 0 Å². The van der Waals surface area contributed by atoms with Crippen LogP contribution in [0.3, 0.4) is 0 Å². The van der Waals surface area contributed by atoms with E-state index >= 15 is 0 Å². The number of pyridine rings is 1.